The zero-order chi connectivity index (χ0) is 13.9. The van der Waals surface area contributed by atoms with Crippen LogP contribution in [0.15, 0.2) is 30.5 Å². The second kappa shape index (κ2) is 5.67. The number of aliphatic hydroxyl groups is 1. The normalized spacial score (nSPS) is 15.8. The van der Waals surface area contributed by atoms with Crippen LogP contribution in [0.2, 0.25) is 0 Å². The predicted molar refractivity (Wildman–Crippen MR) is 78.3 cm³/mol. The molecular formula is C16H20N2O2. The molecular weight excluding hydrogens is 252 g/mol. The second-order valence-corrected chi connectivity index (χ2v) is 5.54. The summed E-state index contributed by atoms with van der Waals surface area (Å²) in [5.41, 5.74) is 1.87. The molecule has 1 fully saturated rings. The number of carbonyl (C=O) groups excluding carboxylic acids is 1. The maximum atomic E-state index is 12.1. The first-order valence-corrected chi connectivity index (χ1v) is 7.24. The molecule has 1 aromatic heterocycles. The topological polar surface area (TPSA) is 54.3 Å². The molecule has 3 rings (SSSR count). The Morgan fingerprint density at radius 2 is 2.10 bits per heavy atom. The Balaban J connectivity index is 1.74. The summed E-state index contributed by atoms with van der Waals surface area (Å²) in [5, 5.41) is 13.4. The molecule has 0 unspecified atom stereocenters. The van der Waals surface area contributed by atoms with Crippen molar-refractivity contribution in [3.8, 4) is 0 Å². The summed E-state index contributed by atoms with van der Waals surface area (Å²) >= 11 is 0. The summed E-state index contributed by atoms with van der Waals surface area (Å²) in [4.78, 5) is 12.1. The highest BCUT2D eigenvalue weighted by Crippen LogP contribution is 2.19. The first-order chi connectivity index (χ1) is 9.76. The smallest absolute Gasteiger partial charge is 0.240 e. The van der Waals surface area contributed by atoms with E-state index >= 15 is 0 Å². The van der Waals surface area contributed by atoms with Gasteiger partial charge in [-0.1, -0.05) is 25.0 Å². The zero-order valence-corrected chi connectivity index (χ0v) is 11.5. The first-order valence-electron chi connectivity index (χ1n) is 7.24. The third kappa shape index (κ3) is 2.70. The van der Waals surface area contributed by atoms with Crippen LogP contribution in [-0.2, 0) is 17.9 Å². The van der Waals surface area contributed by atoms with Gasteiger partial charge in [-0.25, -0.2) is 0 Å². The molecule has 0 aliphatic heterocycles. The van der Waals surface area contributed by atoms with Crippen molar-refractivity contribution in [2.24, 2.45) is 0 Å². The van der Waals surface area contributed by atoms with Gasteiger partial charge in [0.2, 0.25) is 5.91 Å². The molecule has 0 bridgehead atoms. The van der Waals surface area contributed by atoms with Crippen LogP contribution in [0.3, 0.4) is 0 Å². The Morgan fingerprint density at radius 3 is 2.85 bits per heavy atom. The van der Waals surface area contributed by atoms with Gasteiger partial charge in [-0.3, -0.25) is 4.79 Å². The number of nitrogens with one attached hydrogen (secondary N) is 1. The van der Waals surface area contributed by atoms with Crippen molar-refractivity contribution in [1.29, 1.82) is 0 Å². The van der Waals surface area contributed by atoms with Crippen LogP contribution in [0, 0.1) is 0 Å². The van der Waals surface area contributed by atoms with Crippen molar-refractivity contribution in [3.05, 3.63) is 36.0 Å². The van der Waals surface area contributed by atoms with E-state index < -0.39 is 0 Å². The molecule has 1 amide bonds. The van der Waals surface area contributed by atoms with E-state index in [4.69, 9.17) is 0 Å². The van der Waals surface area contributed by atoms with E-state index in [1.54, 1.807) is 0 Å². The number of aliphatic hydroxyl groups excluding tert-OH is 1. The van der Waals surface area contributed by atoms with Crippen LogP contribution < -0.4 is 5.32 Å². The average Bonchev–Trinajstić information content (AvgIpc) is 3.08. The molecule has 0 radical (unpaired) electrons. The van der Waals surface area contributed by atoms with Gasteiger partial charge in [0.05, 0.1) is 6.61 Å². The summed E-state index contributed by atoms with van der Waals surface area (Å²) in [6, 6.07) is 8.19. The third-order valence-corrected chi connectivity index (χ3v) is 4.06. The number of benzene rings is 1. The SMILES string of the molecule is O=C(Cn1ccc2ccc(CO)cc21)NC1CCCC1. The highest BCUT2D eigenvalue weighted by atomic mass is 16.3. The lowest BCUT2D eigenvalue weighted by Gasteiger charge is -2.13. The Labute approximate surface area is 118 Å². The molecule has 0 spiro atoms. The molecule has 1 heterocycles. The molecule has 20 heavy (non-hydrogen) atoms. The van der Waals surface area contributed by atoms with E-state index in [9.17, 15) is 9.90 Å². The number of nitrogens with zero attached hydrogens (tertiary/aromatic N) is 1. The highest BCUT2D eigenvalue weighted by Gasteiger charge is 2.17. The van der Waals surface area contributed by atoms with Crippen LogP contribution in [-0.4, -0.2) is 21.6 Å². The van der Waals surface area contributed by atoms with Crippen LogP contribution in [0.1, 0.15) is 31.2 Å². The van der Waals surface area contributed by atoms with Gasteiger partial charge in [0, 0.05) is 17.8 Å². The fourth-order valence-electron chi connectivity index (χ4n) is 2.96. The van der Waals surface area contributed by atoms with Gasteiger partial charge in [-0.05, 0) is 35.9 Å². The number of hydrogen-bond acceptors (Lipinski definition) is 2. The number of rotatable bonds is 4. The fourth-order valence-corrected chi connectivity index (χ4v) is 2.96. The fraction of sp³-hybridized carbons (Fsp3) is 0.438. The Kier molecular flexibility index (Phi) is 3.74. The largest absolute Gasteiger partial charge is 0.392 e. The minimum Gasteiger partial charge on any atom is -0.392 e. The summed E-state index contributed by atoms with van der Waals surface area (Å²) in [5.74, 6) is 0.0730. The van der Waals surface area contributed by atoms with Crippen LogP contribution in [0.4, 0.5) is 0 Å². The minimum atomic E-state index is 0.0232. The van der Waals surface area contributed by atoms with Gasteiger partial charge in [-0.15, -0.1) is 0 Å². The van der Waals surface area contributed by atoms with Crippen molar-refractivity contribution in [2.45, 2.75) is 44.9 Å². The lowest BCUT2D eigenvalue weighted by atomic mass is 10.2. The van der Waals surface area contributed by atoms with Crippen LogP contribution >= 0.6 is 0 Å². The van der Waals surface area contributed by atoms with Crippen LogP contribution in [0.5, 0.6) is 0 Å². The van der Waals surface area contributed by atoms with Gasteiger partial charge >= 0.3 is 0 Å². The zero-order valence-electron chi connectivity index (χ0n) is 11.5. The second-order valence-electron chi connectivity index (χ2n) is 5.54. The van der Waals surface area contributed by atoms with Crippen molar-refractivity contribution in [3.63, 3.8) is 0 Å². The number of hydrogen-bond donors (Lipinski definition) is 2. The third-order valence-electron chi connectivity index (χ3n) is 4.06. The Morgan fingerprint density at radius 1 is 1.30 bits per heavy atom. The average molecular weight is 272 g/mol. The van der Waals surface area contributed by atoms with Crippen molar-refractivity contribution in [2.75, 3.05) is 0 Å². The highest BCUT2D eigenvalue weighted by molar-refractivity contribution is 5.83. The molecule has 1 saturated carbocycles. The Bertz CT molecular complexity index is 612. The molecule has 1 aliphatic carbocycles. The molecule has 2 N–H and O–H groups in total. The van der Waals surface area contributed by atoms with Gasteiger partial charge in [0.25, 0.3) is 0 Å². The van der Waals surface area contributed by atoms with E-state index in [0.29, 0.717) is 12.6 Å². The molecule has 0 atom stereocenters. The van der Waals surface area contributed by atoms with Crippen molar-refractivity contribution < 1.29 is 9.90 Å². The van der Waals surface area contributed by atoms with E-state index in [1.807, 2.05) is 35.0 Å². The summed E-state index contributed by atoms with van der Waals surface area (Å²) in [6.07, 6.45) is 6.58. The number of amides is 1. The summed E-state index contributed by atoms with van der Waals surface area (Å²) < 4.78 is 1.94. The predicted octanol–water partition coefficient (Wildman–Crippen LogP) is 2.19. The van der Waals surface area contributed by atoms with Crippen LogP contribution in [0.25, 0.3) is 10.9 Å². The number of carbonyl (C=O) groups is 1. The van der Waals surface area contributed by atoms with Gasteiger partial charge < -0.3 is 15.0 Å². The van der Waals surface area contributed by atoms with E-state index in [-0.39, 0.29) is 12.5 Å². The van der Waals surface area contributed by atoms with E-state index in [2.05, 4.69) is 5.32 Å². The number of aromatic nitrogens is 1. The molecule has 2 aromatic rings. The summed E-state index contributed by atoms with van der Waals surface area (Å²) in [6.45, 7) is 0.365. The molecule has 4 heteroatoms. The minimum absolute atomic E-state index is 0.0232. The van der Waals surface area contributed by atoms with Crippen molar-refractivity contribution in [1.82, 2.24) is 9.88 Å². The molecule has 4 nitrogen and oxygen atoms in total. The molecule has 106 valence electrons. The lowest BCUT2D eigenvalue weighted by molar-refractivity contribution is -0.122. The first kappa shape index (κ1) is 13.2. The quantitative estimate of drug-likeness (QED) is 0.896. The standard InChI is InChI=1S/C16H20N2O2/c19-11-12-5-6-13-7-8-18(15(13)9-12)10-16(20)17-14-3-1-2-4-14/h5-9,14,19H,1-4,10-11H2,(H,17,20). The number of fused-ring (bicyclic) bond motifs is 1. The van der Waals surface area contributed by atoms with Gasteiger partial charge in [0.1, 0.15) is 6.54 Å². The van der Waals surface area contributed by atoms with Crippen molar-refractivity contribution >= 4 is 16.8 Å². The van der Waals surface area contributed by atoms with E-state index in [0.717, 1.165) is 29.3 Å². The van der Waals surface area contributed by atoms with Gasteiger partial charge in [0.15, 0.2) is 0 Å². The maximum absolute atomic E-state index is 12.1. The molecule has 1 aromatic carbocycles. The maximum Gasteiger partial charge on any atom is 0.240 e. The molecule has 0 saturated heterocycles. The Hall–Kier alpha value is -1.81. The lowest BCUT2D eigenvalue weighted by Crippen LogP contribution is -2.35. The van der Waals surface area contributed by atoms with Gasteiger partial charge in [-0.2, -0.15) is 0 Å². The molecule has 1 aliphatic rings. The van der Waals surface area contributed by atoms with E-state index in [1.165, 1.54) is 12.8 Å². The summed E-state index contributed by atoms with van der Waals surface area (Å²) in [7, 11) is 0. The monoisotopic (exact) mass is 272 g/mol.